The molecule has 1 aromatic carbocycles. The lowest BCUT2D eigenvalue weighted by atomic mass is 9.99. The van der Waals surface area contributed by atoms with Crippen LogP contribution in [0.15, 0.2) is 35.7 Å². The standard InChI is InChI=1S/C17H17ClN2OS/c18-13-3-4-14-11(8-13)5-6-20(14)16(21)17(9-12(17)10-19)15-2-1-7-22-15/h1-4,7-8,12H,5-6,9-10,19H2/t12-,17-/m0/s1. The molecule has 3 nitrogen and oxygen atoms in total. The summed E-state index contributed by atoms with van der Waals surface area (Å²) in [5, 5.41) is 2.76. The van der Waals surface area contributed by atoms with E-state index in [0.29, 0.717) is 6.54 Å². The molecule has 5 heteroatoms. The van der Waals surface area contributed by atoms with Gasteiger partial charge in [0.1, 0.15) is 0 Å². The first-order chi connectivity index (χ1) is 10.7. The summed E-state index contributed by atoms with van der Waals surface area (Å²) in [6, 6.07) is 9.87. The van der Waals surface area contributed by atoms with E-state index in [1.54, 1.807) is 11.3 Å². The third-order valence-corrected chi connectivity index (χ3v) is 6.20. The zero-order valence-electron chi connectivity index (χ0n) is 12.1. The van der Waals surface area contributed by atoms with Crippen LogP contribution >= 0.6 is 22.9 Å². The number of halogens is 1. The molecule has 1 aromatic heterocycles. The summed E-state index contributed by atoms with van der Waals surface area (Å²) in [6.45, 7) is 1.30. The molecule has 1 aliphatic carbocycles. The molecule has 114 valence electrons. The average molecular weight is 333 g/mol. The van der Waals surface area contributed by atoms with Crippen molar-refractivity contribution in [1.29, 1.82) is 0 Å². The second-order valence-electron chi connectivity index (χ2n) is 6.07. The number of carbonyl (C=O) groups excluding carboxylic acids is 1. The molecule has 2 N–H and O–H groups in total. The third-order valence-electron chi connectivity index (χ3n) is 4.91. The molecule has 1 fully saturated rings. The van der Waals surface area contributed by atoms with Crippen molar-refractivity contribution < 1.29 is 4.79 Å². The molecule has 0 bridgehead atoms. The molecule has 2 atom stereocenters. The fourth-order valence-corrected chi connectivity index (χ4v) is 4.84. The Bertz CT molecular complexity index is 730. The number of rotatable bonds is 3. The molecule has 2 heterocycles. The third kappa shape index (κ3) is 1.94. The zero-order chi connectivity index (χ0) is 15.3. The van der Waals surface area contributed by atoms with E-state index in [0.717, 1.165) is 40.5 Å². The molecule has 1 aliphatic heterocycles. The highest BCUT2D eigenvalue weighted by molar-refractivity contribution is 7.10. The Morgan fingerprint density at radius 3 is 3.00 bits per heavy atom. The lowest BCUT2D eigenvalue weighted by Gasteiger charge is -2.24. The van der Waals surface area contributed by atoms with Gasteiger partial charge in [0, 0.05) is 22.1 Å². The van der Waals surface area contributed by atoms with Crippen LogP contribution < -0.4 is 10.6 Å². The van der Waals surface area contributed by atoms with Crippen LogP contribution in [0.25, 0.3) is 0 Å². The van der Waals surface area contributed by atoms with Crippen LogP contribution in [0.2, 0.25) is 5.02 Å². The van der Waals surface area contributed by atoms with Crippen molar-refractivity contribution >= 4 is 34.5 Å². The number of fused-ring (bicyclic) bond motifs is 1. The van der Waals surface area contributed by atoms with Crippen LogP contribution in [0, 0.1) is 5.92 Å². The van der Waals surface area contributed by atoms with Crippen molar-refractivity contribution in [2.45, 2.75) is 18.3 Å². The summed E-state index contributed by atoms with van der Waals surface area (Å²) in [6.07, 6.45) is 1.73. The monoisotopic (exact) mass is 332 g/mol. The first-order valence-corrected chi connectivity index (χ1v) is 8.77. The molecule has 0 radical (unpaired) electrons. The van der Waals surface area contributed by atoms with Gasteiger partial charge in [-0.1, -0.05) is 17.7 Å². The van der Waals surface area contributed by atoms with E-state index in [4.69, 9.17) is 17.3 Å². The highest BCUT2D eigenvalue weighted by atomic mass is 35.5. The van der Waals surface area contributed by atoms with Crippen LogP contribution in [0.5, 0.6) is 0 Å². The highest BCUT2D eigenvalue weighted by Gasteiger charge is 2.62. The predicted octanol–water partition coefficient (Wildman–Crippen LogP) is 3.21. The van der Waals surface area contributed by atoms with E-state index in [-0.39, 0.29) is 11.8 Å². The molecule has 0 unspecified atom stereocenters. The van der Waals surface area contributed by atoms with Gasteiger partial charge in [0.2, 0.25) is 5.91 Å². The summed E-state index contributed by atoms with van der Waals surface area (Å²) in [5.74, 6) is 0.460. The van der Waals surface area contributed by atoms with Gasteiger partial charge in [0.15, 0.2) is 0 Å². The van der Waals surface area contributed by atoms with Gasteiger partial charge in [0.25, 0.3) is 0 Å². The summed E-state index contributed by atoms with van der Waals surface area (Å²) < 4.78 is 0. The number of thiophene rings is 1. The van der Waals surface area contributed by atoms with Crippen molar-refractivity contribution in [3.05, 3.63) is 51.2 Å². The molecule has 4 rings (SSSR count). The summed E-state index contributed by atoms with van der Waals surface area (Å²) in [7, 11) is 0. The van der Waals surface area contributed by atoms with Crippen LogP contribution in [-0.2, 0) is 16.6 Å². The Morgan fingerprint density at radius 2 is 2.32 bits per heavy atom. The van der Waals surface area contributed by atoms with Gasteiger partial charge in [-0.25, -0.2) is 0 Å². The number of hydrogen-bond acceptors (Lipinski definition) is 3. The van der Waals surface area contributed by atoms with Crippen molar-refractivity contribution in [3.8, 4) is 0 Å². The van der Waals surface area contributed by atoms with Gasteiger partial charge in [0.05, 0.1) is 5.41 Å². The Balaban J connectivity index is 1.71. The van der Waals surface area contributed by atoms with E-state index >= 15 is 0 Å². The average Bonchev–Trinajstić information content (AvgIpc) is 2.90. The number of anilines is 1. The van der Waals surface area contributed by atoms with Crippen molar-refractivity contribution in [2.24, 2.45) is 11.7 Å². The zero-order valence-corrected chi connectivity index (χ0v) is 13.7. The van der Waals surface area contributed by atoms with E-state index < -0.39 is 5.41 Å². The van der Waals surface area contributed by atoms with E-state index in [2.05, 4.69) is 6.07 Å². The first kappa shape index (κ1) is 14.2. The molecule has 0 saturated heterocycles. The minimum atomic E-state index is -0.399. The van der Waals surface area contributed by atoms with Gasteiger partial charge >= 0.3 is 0 Å². The first-order valence-electron chi connectivity index (χ1n) is 7.51. The smallest absolute Gasteiger partial charge is 0.238 e. The molecule has 1 amide bonds. The van der Waals surface area contributed by atoms with Crippen molar-refractivity contribution in [3.63, 3.8) is 0 Å². The van der Waals surface area contributed by atoms with E-state index in [1.165, 1.54) is 0 Å². The summed E-state index contributed by atoms with van der Waals surface area (Å²) >= 11 is 7.72. The molecule has 0 spiro atoms. The van der Waals surface area contributed by atoms with Gasteiger partial charge in [-0.05, 0) is 60.5 Å². The second-order valence-corrected chi connectivity index (χ2v) is 7.45. The molecule has 22 heavy (non-hydrogen) atoms. The van der Waals surface area contributed by atoms with Gasteiger partial charge in [-0.2, -0.15) is 0 Å². The number of benzene rings is 1. The number of carbonyl (C=O) groups is 1. The Hall–Kier alpha value is -1.36. The lowest BCUT2D eigenvalue weighted by molar-refractivity contribution is -0.121. The topological polar surface area (TPSA) is 46.3 Å². The maximum Gasteiger partial charge on any atom is 0.238 e. The lowest BCUT2D eigenvalue weighted by Crippen LogP contribution is -2.40. The molecule has 2 aliphatic rings. The number of nitrogens with two attached hydrogens (primary N) is 1. The maximum absolute atomic E-state index is 13.3. The van der Waals surface area contributed by atoms with Crippen molar-refractivity contribution in [1.82, 2.24) is 0 Å². The predicted molar refractivity (Wildman–Crippen MR) is 90.7 cm³/mol. The van der Waals surface area contributed by atoms with E-state index in [9.17, 15) is 4.79 Å². The normalized spacial score (nSPS) is 26.1. The Labute approximate surface area is 138 Å². The van der Waals surface area contributed by atoms with Crippen LogP contribution in [0.3, 0.4) is 0 Å². The van der Waals surface area contributed by atoms with Gasteiger partial charge in [-0.3, -0.25) is 4.79 Å². The summed E-state index contributed by atoms with van der Waals surface area (Å²) in [4.78, 5) is 16.4. The highest BCUT2D eigenvalue weighted by Crippen LogP contribution is 2.57. The number of nitrogens with zero attached hydrogens (tertiary/aromatic N) is 1. The fraction of sp³-hybridized carbons (Fsp3) is 0.353. The van der Waals surface area contributed by atoms with Crippen LogP contribution in [0.4, 0.5) is 5.69 Å². The molecular weight excluding hydrogens is 316 g/mol. The summed E-state index contributed by atoms with van der Waals surface area (Å²) in [5.41, 5.74) is 7.65. The minimum Gasteiger partial charge on any atom is -0.330 e. The van der Waals surface area contributed by atoms with E-state index in [1.807, 2.05) is 34.5 Å². The quantitative estimate of drug-likeness (QED) is 0.938. The molecule has 2 aromatic rings. The second kappa shape index (κ2) is 5.08. The van der Waals surface area contributed by atoms with Crippen LogP contribution in [-0.4, -0.2) is 19.0 Å². The fourth-order valence-electron chi connectivity index (χ4n) is 3.64. The maximum atomic E-state index is 13.3. The Morgan fingerprint density at radius 1 is 1.45 bits per heavy atom. The Kier molecular flexibility index (Phi) is 3.29. The van der Waals surface area contributed by atoms with Gasteiger partial charge < -0.3 is 10.6 Å². The number of amides is 1. The molecule has 1 saturated carbocycles. The van der Waals surface area contributed by atoms with Crippen molar-refractivity contribution in [2.75, 3.05) is 18.0 Å². The van der Waals surface area contributed by atoms with Gasteiger partial charge in [-0.15, -0.1) is 11.3 Å². The molecular formula is C17H17ClN2OS. The largest absolute Gasteiger partial charge is 0.330 e. The van der Waals surface area contributed by atoms with Crippen LogP contribution in [0.1, 0.15) is 16.9 Å². The SMILES string of the molecule is NC[C@@H]1C[C@@]1(C(=O)N1CCc2cc(Cl)ccc21)c1cccs1. The number of hydrogen-bond donors (Lipinski definition) is 1. The minimum absolute atomic E-state index is 0.200.